The van der Waals surface area contributed by atoms with Crippen molar-refractivity contribution in [3.63, 3.8) is 0 Å². The first-order valence-corrected chi connectivity index (χ1v) is 11.3. The highest BCUT2D eigenvalue weighted by Gasteiger charge is 2.20. The molecule has 1 fully saturated rings. The average Bonchev–Trinajstić information content (AvgIpc) is 3.16. The van der Waals surface area contributed by atoms with Crippen molar-refractivity contribution in [3.05, 3.63) is 41.8 Å². The number of aromatic nitrogens is 2. The van der Waals surface area contributed by atoms with E-state index >= 15 is 0 Å². The van der Waals surface area contributed by atoms with Gasteiger partial charge in [0.1, 0.15) is 17.4 Å². The number of amides is 2. The van der Waals surface area contributed by atoms with Crippen LogP contribution >= 0.6 is 0 Å². The summed E-state index contributed by atoms with van der Waals surface area (Å²) in [6, 6.07) is 6.78. The summed E-state index contributed by atoms with van der Waals surface area (Å²) < 4.78 is 42.0. The molecule has 0 bridgehead atoms. The van der Waals surface area contributed by atoms with Crippen molar-refractivity contribution in [2.45, 2.75) is 38.1 Å². The third-order valence-corrected chi connectivity index (χ3v) is 6.22. The molecule has 1 aliphatic rings. The maximum Gasteiger partial charge on any atom is 0.320 e. The van der Waals surface area contributed by atoms with E-state index in [1.54, 1.807) is 6.07 Å². The second kappa shape index (κ2) is 9.69. The molecule has 11 heteroatoms. The van der Waals surface area contributed by atoms with Gasteiger partial charge in [-0.1, -0.05) is 25.3 Å². The van der Waals surface area contributed by atoms with Gasteiger partial charge in [-0.15, -0.1) is 5.10 Å². The van der Waals surface area contributed by atoms with Gasteiger partial charge in [0.25, 0.3) is 0 Å². The second-order valence-corrected chi connectivity index (χ2v) is 8.92. The summed E-state index contributed by atoms with van der Waals surface area (Å²) in [4.78, 5) is 12.0. The molecular formula is C19H23FN6O3S. The fraction of sp³-hybridized carbons (Fsp3) is 0.421. The van der Waals surface area contributed by atoms with Gasteiger partial charge in [0, 0.05) is 24.8 Å². The van der Waals surface area contributed by atoms with Crippen molar-refractivity contribution in [2.75, 3.05) is 17.6 Å². The highest BCUT2D eigenvalue weighted by atomic mass is 32.2. The van der Waals surface area contributed by atoms with Gasteiger partial charge >= 0.3 is 6.03 Å². The zero-order chi connectivity index (χ0) is 21.6. The number of halogens is 1. The summed E-state index contributed by atoms with van der Waals surface area (Å²) in [5.74, 6) is -0.718. The van der Waals surface area contributed by atoms with E-state index in [9.17, 15) is 17.6 Å². The number of carbonyl (C=O) groups is 1. The Hall–Kier alpha value is -2.97. The number of nitriles is 1. The lowest BCUT2D eigenvalue weighted by Crippen LogP contribution is -2.41. The standard InChI is InChI=1S/C19H23FN6O3S/c20-16-7-4-8-17(15(16)13-21)26-11-9-18(24-26)23-19(27)22-10-12-30(28,29)25-14-5-2-1-3-6-14/h4,7-9,11,14,25H,1-3,5-6,10,12H2,(H2,22,23,24,27). The molecule has 0 aliphatic heterocycles. The third kappa shape index (κ3) is 5.77. The predicted octanol–water partition coefficient (Wildman–Crippen LogP) is 2.26. The van der Waals surface area contributed by atoms with E-state index in [1.165, 1.54) is 35.1 Å². The highest BCUT2D eigenvalue weighted by Crippen LogP contribution is 2.19. The van der Waals surface area contributed by atoms with Gasteiger partial charge in [0.15, 0.2) is 5.82 Å². The maximum absolute atomic E-state index is 13.7. The molecule has 2 aromatic rings. The van der Waals surface area contributed by atoms with Crippen molar-refractivity contribution in [3.8, 4) is 11.8 Å². The number of nitrogens with one attached hydrogen (secondary N) is 3. The Morgan fingerprint density at radius 1 is 1.27 bits per heavy atom. The zero-order valence-electron chi connectivity index (χ0n) is 16.3. The zero-order valence-corrected chi connectivity index (χ0v) is 17.1. The highest BCUT2D eigenvalue weighted by molar-refractivity contribution is 7.89. The second-order valence-electron chi connectivity index (χ2n) is 7.04. The lowest BCUT2D eigenvalue weighted by atomic mass is 9.96. The number of anilines is 1. The average molecular weight is 434 g/mol. The summed E-state index contributed by atoms with van der Waals surface area (Å²) in [6.45, 7) is -0.0585. The predicted molar refractivity (Wildman–Crippen MR) is 109 cm³/mol. The van der Waals surface area contributed by atoms with Gasteiger partial charge in [-0.25, -0.2) is 27.0 Å². The Bertz CT molecular complexity index is 1040. The molecule has 2 amide bonds. The van der Waals surface area contributed by atoms with E-state index in [2.05, 4.69) is 20.5 Å². The molecule has 1 aromatic carbocycles. The van der Waals surface area contributed by atoms with Crippen molar-refractivity contribution in [2.24, 2.45) is 0 Å². The maximum atomic E-state index is 13.7. The smallest absolute Gasteiger partial charge is 0.320 e. The van der Waals surface area contributed by atoms with Crippen molar-refractivity contribution >= 4 is 21.9 Å². The molecule has 1 saturated carbocycles. The molecule has 0 atom stereocenters. The normalized spacial score (nSPS) is 14.8. The first kappa shape index (κ1) is 21.7. The number of hydrogen-bond acceptors (Lipinski definition) is 5. The number of urea groups is 1. The molecule has 9 nitrogen and oxygen atoms in total. The summed E-state index contributed by atoms with van der Waals surface area (Å²) in [5, 5.41) is 18.2. The summed E-state index contributed by atoms with van der Waals surface area (Å²) in [5.41, 5.74) is 0.0816. The number of benzene rings is 1. The minimum Gasteiger partial charge on any atom is -0.337 e. The van der Waals surface area contributed by atoms with Gasteiger partial charge in [-0.3, -0.25) is 5.32 Å². The van der Waals surface area contributed by atoms with E-state index in [-0.39, 0.29) is 35.4 Å². The number of carbonyl (C=O) groups excluding carboxylic acids is 1. The van der Waals surface area contributed by atoms with Crippen LogP contribution in [-0.2, 0) is 10.0 Å². The van der Waals surface area contributed by atoms with Crippen LogP contribution in [0.15, 0.2) is 30.5 Å². The quantitative estimate of drug-likeness (QED) is 0.616. The van der Waals surface area contributed by atoms with E-state index in [0.29, 0.717) is 0 Å². The fourth-order valence-corrected chi connectivity index (χ4v) is 4.56. The van der Waals surface area contributed by atoms with Crippen LogP contribution in [0.3, 0.4) is 0 Å². The van der Waals surface area contributed by atoms with Gasteiger partial charge in [0.05, 0.1) is 11.4 Å². The van der Waals surface area contributed by atoms with Crippen LogP contribution in [0.2, 0.25) is 0 Å². The van der Waals surface area contributed by atoms with Crippen molar-refractivity contribution < 1.29 is 17.6 Å². The van der Waals surface area contributed by atoms with Crippen LogP contribution in [0.4, 0.5) is 15.0 Å². The molecule has 1 heterocycles. The van der Waals surface area contributed by atoms with Gasteiger partial charge < -0.3 is 5.32 Å². The molecule has 0 radical (unpaired) electrons. The number of hydrogen-bond donors (Lipinski definition) is 3. The van der Waals surface area contributed by atoms with Crippen LogP contribution in [-0.4, -0.2) is 42.6 Å². The topological polar surface area (TPSA) is 129 Å². The van der Waals surface area contributed by atoms with Crippen LogP contribution in [0.5, 0.6) is 0 Å². The summed E-state index contributed by atoms with van der Waals surface area (Å²) in [6.07, 6.45) is 6.33. The van der Waals surface area contributed by atoms with Crippen LogP contribution in [0, 0.1) is 17.1 Å². The van der Waals surface area contributed by atoms with E-state index in [1.807, 2.05) is 0 Å². The van der Waals surface area contributed by atoms with Crippen LogP contribution in [0.25, 0.3) is 5.69 Å². The van der Waals surface area contributed by atoms with E-state index in [4.69, 9.17) is 5.26 Å². The van der Waals surface area contributed by atoms with E-state index < -0.39 is 21.9 Å². The summed E-state index contributed by atoms with van der Waals surface area (Å²) in [7, 11) is -3.47. The Labute approximate surface area is 174 Å². The van der Waals surface area contributed by atoms with Crippen LogP contribution in [0.1, 0.15) is 37.7 Å². The molecule has 1 aromatic heterocycles. The summed E-state index contributed by atoms with van der Waals surface area (Å²) >= 11 is 0. The van der Waals surface area contributed by atoms with Gasteiger partial charge in [0.2, 0.25) is 10.0 Å². The number of rotatable bonds is 7. The van der Waals surface area contributed by atoms with Gasteiger partial charge in [-0.05, 0) is 25.0 Å². The minimum absolute atomic E-state index is 0.0253. The lowest BCUT2D eigenvalue weighted by Gasteiger charge is -2.22. The van der Waals surface area contributed by atoms with Crippen LogP contribution < -0.4 is 15.4 Å². The first-order chi connectivity index (χ1) is 14.4. The van der Waals surface area contributed by atoms with E-state index in [0.717, 1.165) is 32.1 Å². The molecule has 3 N–H and O–H groups in total. The molecule has 0 spiro atoms. The first-order valence-electron chi connectivity index (χ1n) is 9.67. The molecule has 30 heavy (non-hydrogen) atoms. The molecule has 0 saturated heterocycles. The number of nitrogens with zero attached hydrogens (tertiary/aromatic N) is 3. The fourth-order valence-electron chi connectivity index (χ4n) is 3.33. The van der Waals surface area contributed by atoms with Crippen molar-refractivity contribution in [1.82, 2.24) is 19.8 Å². The monoisotopic (exact) mass is 434 g/mol. The molecule has 160 valence electrons. The molecule has 0 unspecified atom stereocenters. The SMILES string of the molecule is N#Cc1c(F)cccc1-n1ccc(NC(=O)NCCS(=O)(=O)NC2CCCCC2)n1. The lowest BCUT2D eigenvalue weighted by molar-refractivity contribution is 0.252. The Balaban J connectivity index is 1.50. The third-order valence-electron chi connectivity index (χ3n) is 4.79. The Morgan fingerprint density at radius 3 is 2.77 bits per heavy atom. The molecular weight excluding hydrogens is 411 g/mol. The largest absolute Gasteiger partial charge is 0.337 e. The Kier molecular flexibility index (Phi) is 7.02. The Morgan fingerprint density at radius 2 is 2.03 bits per heavy atom. The van der Waals surface area contributed by atoms with Crippen molar-refractivity contribution in [1.29, 1.82) is 5.26 Å². The molecule has 1 aliphatic carbocycles. The number of sulfonamides is 1. The minimum atomic E-state index is -3.47. The van der Waals surface area contributed by atoms with Gasteiger partial charge in [-0.2, -0.15) is 5.26 Å². The molecule has 3 rings (SSSR count).